The van der Waals surface area contributed by atoms with Crippen LogP contribution in [-0.4, -0.2) is 29.2 Å². The topological polar surface area (TPSA) is 71.5 Å². The lowest BCUT2D eigenvalue weighted by molar-refractivity contribution is 0.0697. The van der Waals surface area contributed by atoms with Crippen molar-refractivity contribution in [2.75, 3.05) is 18.5 Å². The summed E-state index contributed by atoms with van der Waals surface area (Å²) in [4.78, 5) is 14.8. The number of rotatable bonds is 6. The minimum atomic E-state index is -1.00. The molecular weight excluding hydrogens is 244 g/mol. The zero-order valence-electron chi connectivity index (χ0n) is 10.2. The standard InChI is InChI=1S/C14H14N2O3/c17-14(18)12-10-15-7-6-13(12)16-8-9-19-11-4-2-1-3-5-11/h1-7,10H,8-9H2,(H,15,16)(H,17,18). The van der Waals surface area contributed by atoms with Gasteiger partial charge in [0.2, 0.25) is 0 Å². The van der Waals surface area contributed by atoms with E-state index in [0.29, 0.717) is 18.8 Å². The maximum absolute atomic E-state index is 11.0. The molecule has 0 bridgehead atoms. The minimum Gasteiger partial charge on any atom is -0.492 e. The molecule has 0 amide bonds. The number of ether oxygens (including phenoxy) is 1. The van der Waals surface area contributed by atoms with Gasteiger partial charge in [0.25, 0.3) is 0 Å². The molecule has 0 unspecified atom stereocenters. The highest BCUT2D eigenvalue weighted by Gasteiger charge is 2.08. The summed E-state index contributed by atoms with van der Waals surface area (Å²) in [6, 6.07) is 11.1. The van der Waals surface area contributed by atoms with E-state index in [4.69, 9.17) is 9.84 Å². The first kappa shape index (κ1) is 12.9. The fourth-order valence-electron chi connectivity index (χ4n) is 1.59. The highest BCUT2D eigenvalue weighted by molar-refractivity contribution is 5.93. The fourth-order valence-corrected chi connectivity index (χ4v) is 1.59. The predicted octanol–water partition coefficient (Wildman–Crippen LogP) is 2.27. The number of anilines is 1. The Morgan fingerprint density at radius 2 is 2.05 bits per heavy atom. The first-order chi connectivity index (χ1) is 9.27. The summed E-state index contributed by atoms with van der Waals surface area (Å²) in [7, 11) is 0. The summed E-state index contributed by atoms with van der Waals surface area (Å²) in [6.07, 6.45) is 2.87. The summed E-state index contributed by atoms with van der Waals surface area (Å²) < 4.78 is 5.50. The Labute approximate surface area is 110 Å². The second-order valence-corrected chi connectivity index (χ2v) is 3.81. The lowest BCUT2D eigenvalue weighted by Gasteiger charge is -2.10. The molecule has 0 atom stereocenters. The van der Waals surface area contributed by atoms with Crippen LogP contribution in [0.25, 0.3) is 0 Å². The number of aromatic carboxylic acids is 1. The third-order valence-corrected chi connectivity index (χ3v) is 2.48. The number of benzene rings is 1. The van der Waals surface area contributed by atoms with Gasteiger partial charge >= 0.3 is 5.97 Å². The maximum atomic E-state index is 11.0. The quantitative estimate of drug-likeness (QED) is 0.778. The largest absolute Gasteiger partial charge is 0.492 e. The molecule has 19 heavy (non-hydrogen) atoms. The van der Waals surface area contributed by atoms with Crippen molar-refractivity contribution in [3.8, 4) is 5.75 Å². The molecule has 2 aromatic rings. The van der Waals surface area contributed by atoms with E-state index in [1.54, 1.807) is 12.3 Å². The molecule has 2 rings (SSSR count). The van der Waals surface area contributed by atoms with Crippen molar-refractivity contribution in [2.45, 2.75) is 0 Å². The van der Waals surface area contributed by atoms with Crippen molar-refractivity contribution in [1.29, 1.82) is 0 Å². The van der Waals surface area contributed by atoms with Crippen LogP contribution in [-0.2, 0) is 0 Å². The number of nitrogens with one attached hydrogen (secondary N) is 1. The lowest BCUT2D eigenvalue weighted by atomic mass is 10.2. The Bertz CT molecular complexity index is 543. The molecule has 0 saturated carbocycles. The van der Waals surface area contributed by atoms with Crippen molar-refractivity contribution in [2.24, 2.45) is 0 Å². The van der Waals surface area contributed by atoms with Gasteiger partial charge in [-0.15, -0.1) is 0 Å². The first-order valence-electron chi connectivity index (χ1n) is 5.86. The third kappa shape index (κ3) is 3.70. The number of nitrogens with zero attached hydrogens (tertiary/aromatic N) is 1. The van der Waals surface area contributed by atoms with E-state index in [1.165, 1.54) is 6.20 Å². The van der Waals surface area contributed by atoms with Gasteiger partial charge in [0.1, 0.15) is 17.9 Å². The third-order valence-electron chi connectivity index (χ3n) is 2.48. The van der Waals surface area contributed by atoms with E-state index < -0.39 is 5.97 Å². The van der Waals surface area contributed by atoms with Crippen molar-refractivity contribution in [1.82, 2.24) is 4.98 Å². The molecule has 0 saturated heterocycles. The van der Waals surface area contributed by atoms with Crippen LogP contribution in [0.2, 0.25) is 0 Å². The van der Waals surface area contributed by atoms with Gasteiger partial charge in [0.05, 0.1) is 5.69 Å². The molecule has 0 aliphatic carbocycles. The van der Waals surface area contributed by atoms with E-state index in [-0.39, 0.29) is 5.56 Å². The van der Waals surface area contributed by atoms with Crippen molar-refractivity contribution >= 4 is 11.7 Å². The molecular formula is C14H14N2O3. The number of pyridine rings is 1. The molecule has 0 aliphatic heterocycles. The van der Waals surface area contributed by atoms with Gasteiger partial charge in [0, 0.05) is 18.9 Å². The van der Waals surface area contributed by atoms with Crippen molar-refractivity contribution in [3.63, 3.8) is 0 Å². The lowest BCUT2D eigenvalue weighted by Crippen LogP contribution is -2.14. The smallest absolute Gasteiger partial charge is 0.339 e. The van der Waals surface area contributed by atoms with Crippen LogP contribution >= 0.6 is 0 Å². The Hall–Kier alpha value is -2.56. The summed E-state index contributed by atoms with van der Waals surface area (Å²) in [5, 5.41) is 12.0. The summed E-state index contributed by atoms with van der Waals surface area (Å²) in [6.45, 7) is 0.963. The molecule has 1 heterocycles. The summed E-state index contributed by atoms with van der Waals surface area (Å²) >= 11 is 0. The first-order valence-corrected chi connectivity index (χ1v) is 5.86. The van der Waals surface area contributed by atoms with Crippen LogP contribution in [0.5, 0.6) is 5.75 Å². The molecule has 1 aromatic carbocycles. The zero-order valence-corrected chi connectivity index (χ0v) is 10.2. The summed E-state index contributed by atoms with van der Waals surface area (Å²) in [5.41, 5.74) is 0.696. The van der Waals surface area contributed by atoms with Gasteiger partial charge in [-0.1, -0.05) is 18.2 Å². The normalized spacial score (nSPS) is 9.89. The SMILES string of the molecule is O=C(O)c1cnccc1NCCOc1ccccc1. The Morgan fingerprint density at radius 1 is 1.26 bits per heavy atom. The monoisotopic (exact) mass is 258 g/mol. The van der Waals surface area contributed by atoms with Crippen LogP contribution in [0.15, 0.2) is 48.8 Å². The Kier molecular flexibility index (Phi) is 4.34. The van der Waals surface area contributed by atoms with Gasteiger partial charge in [-0.05, 0) is 18.2 Å². The zero-order chi connectivity index (χ0) is 13.5. The highest BCUT2D eigenvalue weighted by Crippen LogP contribution is 2.13. The van der Waals surface area contributed by atoms with Crippen LogP contribution < -0.4 is 10.1 Å². The van der Waals surface area contributed by atoms with Crippen LogP contribution in [0.3, 0.4) is 0 Å². The van der Waals surface area contributed by atoms with Gasteiger partial charge in [-0.3, -0.25) is 4.98 Å². The van der Waals surface area contributed by atoms with Gasteiger partial charge in [-0.2, -0.15) is 0 Å². The van der Waals surface area contributed by atoms with E-state index in [2.05, 4.69) is 10.3 Å². The molecule has 0 fully saturated rings. The number of para-hydroxylation sites is 1. The van der Waals surface area contributed by atoms with E-state index in [0.717, 1.165) is 5.75 Å². The number of aromatic nitrogens is 1. The number of carboxylic acids is 1. The molecule has 0 radical (unpaired) electrons. The Balaban J connectivity index is 1.85. The van der Waals surface area contributed by atoms with E-state index in [9.17, 15) is 4.79 Å². The molecule has 5 heteroatoms. The van der Waals surface area contributed by atoms with Crippen LogP contribution in [0, 0.1) is 0 Å². The molecule has 5 nitrogen and oxygen atoms in total. The number of hydrogen-bond donors (Lipinski definition) is 2. The summed E-state index contributed by atoms with van der Waals surface area (Å²) in [5.74, 6) is -0.211. The molecule has 98 valence electrons. The predicted molar refractivity (Wildman–Crippen MR) is 71.6 cm³/mol. The van der Waals surface area contributed by atoms with Crippen LogP contribution in [0.4, 0.5) is 5.69 Å². The Morgan fingerprint density at radius 3 is 2.79 bits per heavy atom. The van der Waals surface area contributed by atoms with Crippen molar-refractivity contribution < 1.29 is 14.6 Å². The fraction of sp³-hybridized carbons (Fsp3) is 0.143. The van der Waals surface area contributed by atoms with Gasteiger partial charge in [-0.25, -0.2) is 4.79 Å². The van der Waals surface area contributed by atoms with Gasteiger partial charge in [0.15, 0.2) is 0 Å². The average molecular weight is 258 g/mol. The average Bonchev–Trinajstić information content (AvgIpc) is 2.45. The van der Waals surface area contributed by atoms with Crippen LogP contribution in [0.1, 0.15) is 10.4 Å². The van der Waals surface area contributed by atoms with E-state index in [1.807, 2.05) is 30.3 Å². The van der Waals surface area contributed by atoms with E-state index >= 15 is 0 Å². The molecule has 0 spiro atoms. The molecule has 1 aromatic heterocycles. The number of carbonyl (C=O) groups is 1. The number of hydrogen-bond acceptors (Lipinski definition) is 4. The molecule has 2 N–H and O–H groups in total. The van der Waals surface area contributed by atoms with Crippen molar-refractivity contribution in [3.05, 3.63) is 54.4 Å². The van der Waals surface area contributed by atoms with Gasteiger partial charge < -0.3 is 15.2 Å². The highest BCUT2D eigenvalue weighted by atomic mass is 16.5. The number of carboxylic acid groups (broad SMARTS) is 1. The second kappa shape index (κ2) is 6.39. The minimum absolute atomic E-state index is 0.155. The second-order valence-electron chi connectivity index (χ2n) is 3.81. The molecule has 0 aliphatic rings. The maximum Gasteiger partial charge on any atom is 0.339 e.